The van der Waals surface area contributed by atoms with Gasteiger partial charge in [-0.3, -0.25) is 14.4 Å². The normalized spacial score (nSPS) is 33.5. The predicted molar refractivity (Wildman–Crippen MR) is 82.3 cm³/mol. The molecule has 1 saturated heterocycles. The molecule has 8 heteroatoms. The van der Waals surface area contributed by atoms with Crippen LogP contribution in [0.15, 0.2) is 18.2 Å². The maximum absolute atomic E-state index is 12.8. The van der Waals surface area contributed by atoms with Gasteiger partial charge in [0.25, 0.3) is 0 Å². The summed E-state index contributed by atoms with van der Waals surface area (Å²) in [5.41, 5.74) is -4.60. The number of benzene rings is 1. The van der Waals surface area contributed by atoms with E-state index in [1.807, 2.05) is 0 Å². The monoisotopic (exact) mass is 350 g/mol. The molecular weight excluding hydrogens is 332 g/mol. The number of esters is 1. The Balaban J connectivity index is 2.21. The lowest BCUT2D eigenvalue weighted by Crippen LogP contribution is -2.68. The van der Waals surface area contributed by atoms with Crippen molar-refractivity contribution in [2.75, 3.05) is 7.11 Å². The molecular formula is C17H18O8. The topological polar surface area (TPSA) is 130 Å². The Morgan fingerprint density at radius 2 is 2.08 bits per heavy atom. The molecule has 1 fully saturated rings. The molecule has 1 heterocycles. The van der Waals surface area contributed by atoms with E-state index in [1.165, 1.54) is 32.2 Å². The van der Waals surface area contributed by atoms with E-state index in [0.29, 0.717) is 0 Å². The van der Waals surface area contributed by atoms with Gasteiger partial charge in [-0.05, 0) is 25.0 Å². The SMILES string of the molecule is COC(=O)CC1CC2(C(=O)O)c3cccc(O)c3C(=O)C2(O)C(C)O1. The highest BCUT2D eigenvalue weighted by molar-refractivity contribution is 6.16. The average molecular weight is 350 g/mol. The van der Waals surface area contributed by atoms with Crippen LogP contribution in [0.5, 0.6) is 5.75 Å². The highest BCUT2D eigenvalue weighted by Crippen LogP contribution is 2.56. The third-order valence-corrected chi connectivity index (χ3v) is 5.23. The van der Waals surface area contributed by atoms with Gasteiger partial charge in [-0.1, -0.05) is 12.1 Å². The molecule has 1 aromatic carbocycles. The second-order valence-corrected chi connectivity index (χ2v) is 6.39. The molecule has 1 aromatic rings. The number of aliphatic hydroxyl groups is 1. The number of carbonyl (C=O) groups excluding carboxylic acids is 2. The summed E-state index contributed by atoms with van der Waals surface area (Å²) >= 11 is 0. The number of aromatic hydroxyl groups is 1. The van der Waals surface area contributed by atoms with E-state index in [0.717, 1.165) is 0 Å². The number of hydrogen-bond donors (Lipinski definition) is 3. The van der Waals surface area contributed by atoms with Crippen LogP contribution in [0.25, 0.3) is 0 Å². The minimum atomic E-state index is -2.38. The molecule has 8 nitrogen and oxygen atoms in total. The number of ether oxygens (including phenoxy) is 2. The quantitative estimate of drug-likeness (QED) is 0.667. The molecule has 3 rings (SSSR count). The largest absolute Gasteiger partial charge is 0.507 e. The summed E-state index contributed by atoms with van der Waals surface area (Å²) in [5, 5.41) is 31.2. The van der Waals surface area contributed by atoms with E-state index in [1.54, 1.807) is 0 Å². The van der Waals surface area contributed by atoms with Crippen LogP contribution in [0, 0.1) is 0 Å². The number of rotatable bonds is 3. The second kappa shape index (κ2) is 5.53. The summed E-state index contributed by atoms with van der Waals surface area (Å²) in [7, 11) is 1.20. The van der Waals surface area contributed by atoms with Gasteiger partial charge in [0.2, 0.25) is 5.78 Å². The van der Waals surface area contributed by atoms with Gasteiger partial charge in [-0.2, -0.15) is 0 Å². The minimum absolute atomic E-state index is 0.0255. The van der Waals surface area contributed by atoms with Gasteiger partial charge in [0, 0.05) is 0 Å². The van der Waals surface area contributed by atoms with Crippen molar-refractivity contribution < 1.29 is 39.2 Å². The maximum Gasteiger partial charge on any atom is 0.317 e. The summed E-state index contributed by atoms with van der Waals surface area (Å²) in [6, 6.07) is 4.06. The Morgan fingerprint density at radius 3 is 2.68 bits per heavy atom. The summed E-state index contributed by atoms with van der Waals surface area (Å²) in [6.07, 6.45) is -2.58. The van der Waals surface area contributed by atoms with Gasteiger partial charge in [0.15, 0.2) is 5.60 Å². The highest BCUT2D eigenvalue weighted by atomic mass is 16.5. The smallest absolute Gasteiger partial charge is 0.317 e. The van der Waals surface area contributed by atoms with E-state index in [-0.39, 0.29) is 24.0 Å². The van der Waals surface area contributed by atoms with Crippen LogP contribution >= 0.6 is 0 Å². The fourth-order valence-corrected chi connectivity index (χ4v) is 4.05. The van der Waals surface area contributed by atoms with Gasteiger partial charge >= 0.3 is 11.9 Å². The Hall–Kier alpha value is -2.45. The van der Waals surface area contributed by atoms with Gasteiger partial charge < -0.3 is 24.8 Å². The number of Topliss-reactive ketones (excluding diaryl/α,β-unsaturated/α-hetero) is 1. The van der Waals surface area contributed by atoms with E-state index < -0.39 is 46.7 Å². The number of methoxy groups -OCH3 is 1. The summed E-state index contributed by atoms with van der Waals surface area (Å²) in [5.74, 6) is -3.31. The van der Waals surface area contributed by atoms with Gasteiger partial charge in [-0.25, -0.2) is 0 Å². The van der Waals surface area contributed by atoms with Crippen LogP contribution < -0.4 is 0 Å². The first-order valence-corrected chi connectivity index (χ1v) is 7.75. The zero-order valence-corrected chi connectivity index (χ0v) is 13.7. The Bertz CT molecular complexity index is 772. The average Bonchev–Trinajstić information content (AvgIpc) is 2.76. The van der Waals surface area contributed by atoms with E-state index in [4.69, 9.17) is 4.74 Å². The van der Waals surface area contributed by atoms with Crippen LogP contribution in [0.4, 0.5) is 0 Å². The number of fused-ring (bicyclic) bond motifs is 3. The molecule has 3 N–H and O–H groups in total. The van der Waals surface area contributed by atoms with Crippen LogP contribution in [0.1, 0.15) is 35.7 Å². The van der Waals surface area contributed by atoms with E-state index in [9.17, 15) is 29.7 Å². The molecule has 134 valence electrons. The predicted octanol–water partition coefficient (Wildman–Crippen LogP) is 0.383. The fourth-order valence-electron chi connectivity index (χ4n) is 4.05. The Labute approximate surface area is 143 Å². The maximum atomic E-state index is 12.8. The number of ketones is 1. The van der Waals surface area contributed by atoms with E-state index in [2.05, 4.69) is 4.74 Å². The molecule has 0 bridgehead atoms. The van der Waals surface area contributed by atoms with Crippen LogP contribution in [0.3, 0.4) is 0 Å². The number of hydrogen-bond acceptors (Lipinski definition) is 7. The van der Waals surface area contributed by atoms with Crippen LogP contribution in [0.2, 0.25) is 0 Å². The molecule has 25 heavy (non-hydrogen) atoms. The summed E-state index contributed by atoms with van der Waals surface area (Å²) in [4.78, 5) is 36.7. The Kier molecular flexibility index (Phi) is 3.85. The van der Waals surface area contributed by atoms with Crippen molar-refractivity contribution in [3.8, 4) is 5.75 Å². The minimum Gasteiger partial charge on any atom is -0.507 e. The van der Waals surface area contributed by atoms with Gasteiger partial charge in [0.05, 0.1) is 31.3 Å². The molecule has 4 unspecified atom stereocenters. The van der Waals surface area contributed by atoms with Gasteiger partial charge in [0.1, 0.15) is 11.2 Å². The van der Waals surface area contributed by atoms with Crippen molar-refractivity contribution in [3.05, 3.63) is 29.3 Å². The molecule has 0 amide bonds. The number of phenols is 1. The number of carbonyl (C=O) groups is 3. The number of carboxylic acids is 1. The van der Waals surface area contributed by atoms with Crippen molar-refractivity contribution >= 4 is 17.7 Å². The zero-order chi connectivity index (χ0) is 18.6. The number of carboxylic acid groups (broad SMARTS) is 1. The molecule has 0 saturated carbocycles. The number of phenolic OH excluding ortho intramolecular Hbond substituents is 1. The number of aliphatic carboxylic acids is 1. The zero-order valence-electron chi connectivity index (χ0n) is 13.7. The molecule has 0 spiro atoms. The van der Waals surface area contributed by atoms with Crippen molar-refractivity contribution in [3.63, 3.8) is 0 Å². The molecule has 0 aromatic heterocycles. The third-order valence-electron chi connectivity index (χ3n) is 5.23. The lowest BCUT2D eigenvalue weighted by Gasteiger charge is -2.48. The first-order chi connectivity index (χ1) is 11.7. The summed E-state index contributed by atoms with van der Waals surface area (Å²) < 4.78 is 10.2. The molecule has 1 aliphatic carbocycles. The lowest BCUT2D eigenvalue weighted by atomic mass is 9.63. The van der Waals surface area contributed by atoms with Crippen molar-refractivity contribution in [1.29, 1.82) is 0 Å². The molecule has 2 aliphatic rings. The fraction of sp³-hybridized carbons (Fsp3) is 0.471. The van der Waals surface area contributed by atoms with Crippen LogP contribution in [-0.2, 0) is 24.5 Å². The first-order valence-electron chi connectivity index (χ1n) is 7.75. The molecule has 4 atom stereocenters. The van der Waals surface area contributed by atoms with Crippen molar-refractivity contribution in [2.24, 2.45) is 0 Å². The Morgan fingerprint density at radius 1 is 1.40 bits per heavy atom. The molecule has 0 radical (unpaired) electrons. The summed E-state index contributed by atoms with van der Waals surface area (Å²) in [6.45, 7) is 1.38. The van der Waals surface area contributed by atoms with Gasteiger partial charge in [-0.15, -0.1) is 0 Å². The lowest BCUT2D eigenvalue weighted by molar-refractivity contribution is -0.202. The van der Waals surface area contributed by atoms with E-state index >= 15 is 0 Å². The highest BCUT2D eigenvalue weighted by Gasteiger charge is 2.73. The van der Waals surface area contributed by atoms with Crippen molar-refractivity contribution in [2.45, 2.75) is 43.0 Å². The van der Waals surface area contributed by atoms with Crippen LogP contribution in [-0.4, -0.2) is 58.0 Å². The standard InChI is InChI=1S/C17H18O8/c1-8-17(23)14(20)13-10(4-3-5-11(13)18)16(17,15(21)22)7-9(25-8)6-12(19)24-2/h3-5,8-9,18,23H,6-7H2,1-2H3,(H,21,22). The second-order valence-electron chi connectivity index (χ2n) is 6.39. The van der Waals surface area contributed by atoms with Crippen molar-refractivity contribution in [1.82, 2.24) is 0 Å². The third kappa shape index (κ3) is 2.04. The molecule has 1 aliphatic heterocycles. The first kappa shape index (κ1) is 17.4.